The lowest BCUT2D eigenvalue weighted by Crippen LogP contribution is -2.50. The summed E-state index contributed by atoms with van der Waals surface area (Å²) in [6.07, 6.45) is 3.62. The summed E-state index contributed by atoms with van der Waals surface area (Å²) in [7, 11) is 0. The van der Waals surface area contributed by atoms with Gasteiger partial charge in [0.05, 0.1) is 6.04 Å². The van der Waals surface area contributed by atoms with Gasteiger partial charge in [-0.25, -0.2) is 4.79 Å². The highest BCUT2D eigenvalue weighted by molar-refractivity contribution is 6.30. The molecule has 3 amide bonds. The van der Waals surface area contributed by atoms with Gasteiger partial charge in [-0.15, -0.1) is 0 Å². The number of benzene rings is 1. The summed E-state index contributed by atoms with van der Waals surface area (Å²) >= 11 is 5.89. The minimum absolute atomic E-state index is 0.0318. The summed E-state index contributed by atoms with van der Waals surface area (Å²) in [6, 6.07) is 7.28. The van der Waals surface area contributed by atoms with Crippen LogP contribution in [0.1, 0.15) is 32.6 Å². The van der Waals surface area contributed by atoms with E-state index in [1.54, 1.807) is 17.0 Å². The number of likely N-dealkylation sites (tertiary alicyclic amines) is 1. The van der Waals surface area contributed by atoms with Crippen molar-refractivity contribution in [2.45, 2.75) is 44.7 Å². The van der Waals surface area contributed by atoms with Crippen LogP contribution in [0.4, 0.5) is 10.5 Å². The SMILES string of the molecule is C[C@H]1CCCCN1C(=O)N[C@@H]1CC(=O)N(c2ccc(Cl)cc2)C1. The fourth-order valence-corrected chi connectivity index (χ4v) is 3.46. The summed E-state index contributed by atoms with van der Waals surface area (Å²) in [5.74, 6) is 0.0318. The van der Waals surface area contributed by atoms with Crippen LogP contribution in [0.15, 0.2) is 24.3 Å². The molecular formula is C17H22ClN3O2. The maximum atomic E-state index is 12.4. The van der Waals surface area contributed by atoms with Crippen LogP contribution in [-0.2, 0) is 4.79 Å². The number of nitrogens with zero attached hydrogens (tertiary/aromatic N) is 2. The monoisotopic (exact) mass is 335 g/mol. The molecule has 23 heavy (non-hydrogen) atoms. The molecule has 2 aliphatic rings. The van der Waals surface area contributed by atoms with Gasteiger partial charge in [0.15, 0.2) is 0 Å². The Morgan fingerprint density at radius 2 is 2.00 bits per heavy atom. The van der Waals surface area contributed by atoms with Gasteiger partial charge in [-0.3, -0.25) is 4.79 Å². The van der Waals surface area contributed by atoms with Gasteiger partial charge < -0.3 is 15.1 Å². The van der Waals surface area contributed by atoms with Crippen molar-refractivity contribution in [1.29, 1.82) is 0 Å². The van der Waals surface area contributed by atoms with Gasteiger partial charge in [-0.05, 0) is 50.5 Å². The second kappa shape index (κ2) is 6.79. The molecule has 2 heterocycles. The molecule has 0 radical (unpaired) electrons. The number of carbonyl (C=O) groups is 2. The van der Waals surface area contributed by atoms with E-state index in [4.69, 9.17) is 11.6 Å². The smallest absolute Gasteiger partial charge is 0.317 e. The van der Waals surface area contributed by atoms with E-state index in [2.05, 4.69) is 12.2 Å². The Balaban J connectivity index is 1.61. The van der Waals surface area contributed by atoms with Crippen molar-refractivity contribution in [1.82, 2.24) is 10.2 Å². The molecule has 0 saturated carbocycles. The highest BCUT2D eigenvalue weighted by atomic mass is 35.5. The standard InChI is InChI=1S/C17H22ClN3O2/c1-12-4-2-3-9-20(12)17(23)19-14-10-16(22)21(11-14)15-7-5-13(18)6-8-15/h5-8,12,14H,2-4,9-11H2,1H3,(H,19,23)/t12-,14+/m0/s1. The Bertz CT molecular complexity index is 590. The third-order valence-corrected chi connectivity index (χ3v) is 4.91. The molecule has 0 spiro atoms. The summed E-state index contributed by atoms with van der Waals surface area (Å²) in [5.41, 5.74) is 0.822. The van der Waals surface area contributed by atoms with Crippen LogP contribution in [0.5, 0.6) is 0 Å². The zero-order valence-electron chi connectivity index (χ0n) is 13.3. The number of nitrogens with one attached hydrogen (secondary N) is 1. The minimum Gasteiger partial charge on any atom is -0.333 e. The summed E-state index contributed by atoms with van der Waals surface area (Å²) in [4.78, 5) is 28.2. The number of amides is 3. The van der Waals surface area contributed by atoms with Gasteiger partial charge in [-0.1, -0.05) is 11.6 Å². The average molecular weight is 336 g/mol. The maximum Gasteiger partial charge on any atom is 0.317 e. The van der Waals surface area contributed by atoms with Crippen molar-refractivity contribution in [3.63, 3.8) is 0 Å². The molecule has 0 aliphatic carbocycles. The maximum absolute atomic E-state index is 12.4. The zero-order valence-corrected chi connectivity index (χ0v) is 14.1. The zero-order chi connectivity index (χ0) is 16.4. The van der Waals surface area contributed by atoms with Gasteiger partial charge in [0.25, 0.3) is 0 Å². The van der Waals surface area contributed by atoms with Crippen LogP contribution in [0.2, 0.25) is 5.02 Å². The molecule has 0 bridgehead atoms. The number of piperidine rings is 1. The molecule has 0 unspecified atom stereocenters. The lowest BCUT2D eigenvalue weighted by atomic mass is 10.0. The van der Waals surface area contributed by atoms with E-state index in [1.807, 2.05) is 17.0 Å². The fourth-order valence-electron chi connectivity index (χ4n) is 3.33. The first kappa shape index (κ1) is 16.1. The predicted octanol–water partition coefficient (Wildman–Crippen LogP) is 3.03. The van der Waals surface area contributed by atoms with Crippen LogP contribution in [-0.4, -0.2) is 42.0 Å². The Labute approximate surface area is 141 Å². The largest absolute Gasteiger partial charge is 0.333 e. The van der Waals surface area contributed by atoms with Crippen molar-refractivity contribution in [2.24, 2.45) is 0 Å². The topological polar surface area (TPSA) is 52.7 Å². The summed E-state index contributed by atoms with van der Waals surface area (Å²) < 4.78 is 0. The lowest BCUT2D eigenvalue weighted by molar-refractivity contribution is -0.117. The second-order valence-corrected chi connectivity index (χ2v) is 6.81. The molecule has 1 aromatic carbocycles. The van der Waals surface area contributed by atoms with Crippen LogP contribution in [0.25, 0.3) is 0 Å². The van der Waals surface area contributed by atoms with Crippen LogP contribution in [0, 0.1) is 0 Å². The molecule has 124 valence electrons. The van der Waals surface area contributed by atoms with E-state index in [-0.39, 0.29) is 24.0 Å². The average Bonchev–Trinajstić information content (AvgIpc) is 2.89. The number of hydrogen-bond donors (Lipinski definition) is 1. The fraction of sp³-hybridized carbons (Fsp3) is 0.529. The molecular weight excluding hydrogens is 314 g/mol. The molecule has 1 aromatic rings. The first-order valence-electron chi connectivity index (χ1n) is 8.17. The van der Waals surface area contributed by atoms with Crippen molar-refractivity contribution >= 4 is 29.2 Å². The van der Waals surface area contributed by atoms with E-state index in [0.29, 0.717) is 18.0 Å². The second-order valence-electron chi connectivity index (χ2n) is 6.37. The first-order chi connectivity index (χ1) is 11.0. The van der Waals surface area contributed by atoms with Gasteiger partial charge in [-0.2, -0.15) is 0 Å². The molecule has 2 atom stereocenters. The number of urea groups is 1. The highest BCUT2D eigenvalue weighted by Crippen LogP contribution is 2.24. The number of hydrogen-bond acceptors (Lipinski definition) is 2. The Hall–Kier alpha value is -1.75. The van der Waals surface area contributed by atoms with Crippen LogP contribution >= 0.6 is 11.6 Å². The van der Waals surface area contributed by atoms with Crippen molar-refractivity contribution in [2.75, 3.05) is 18.0 Å². The molecule has 3 rings (SSSR count). The molecule has 0 aromatic heterocycles. The Morgan fingerprint density at radius 1 is 1.26 bits per heavy atom. The number of rotatable bonds is 2. The third-order valence-electron chi connectivity index (χ3n) is 4.65. The predicted molar refractivity (Wildman–Crippen MR) is 90.8 cm³/mol. The lowest BCUT2D eigenvalue weighted by Gasteiger charge is -2.34. The van der Waals surface area contributed by atoms with E-state index in [1.165, 1.54) is 6.42 Å². The molecule has 2 fully saturated rings. The summed E-state index contributed by atoms with van der Waals surface area (Å²) in [5, 5.41) is 3.66. The van der Waals surface area contributed by atoms with Crippen molar-refractivity contribution < 1.29 is 9.59 Å². The minimum atomic E-state index is -0.139. The first-order valence-corrected chi connectivity index (χ1v) is 8.55. The van der Waals surface area contributed by atoms with Crippen molar-refractivity contribution in [3.8, 4) is 0 Å². The van der Waals surface area contributed by atoms with Gasteiger partial charge in [0.2, 0.25) is 5.91 Å². The Kier molecular flexibility index (Phi) is 4.76. The van der Waals surface area contributed by atoms with Gasteiger partial charge in [0, 0.05) is 36.3 Å². The van der Waals surface area contributed by atoms with Gasteiger partial charge >= 0.3 is 6.03 Å². The molecule has 2 saturated heterocycles. The molecule has 5 nitrogen and oxygen atoms in total. The third kappa shape index (κ3) is 3.61. The van der Waals surface area contributed by atoms with Crippen LogP contribution in [0.3, 0.4) is 0 Å². The van der Waals surface area contributed by atoms with E-state index in [0.717, 1.165) is 25.1 Å². The molecule has 6 heteroatoms. The van der Waals surface area contributed by atoms with Crippen LogP contribution < -0.4 is 10.2 Å². The van der Waals surface area contributed by atoms with E-state index in [9.17, 15) is 9.59 Å². The molecule has 2 aliphatic heterocycles. The van der Waals surface area contributed by atoms with Gasteiger partial charge in [0.1, 0.15) is 0 Å². The number of anilines is 1. The Morgan fingerprint density at radius 3 is 2.70 bits per heavy atom. The quantitative estimate of drug-likeness (QED) is 0.903. The number of carbonyl (C=O) groups excluding carboxylic acids is 2. The van der Waals surface area contributed by atoms with E-state index < -0.39 is 0 Å². The molecule has 1 N–H and O–H groups in total. The van der Waals surface area contributed by atoms with E-state index >= 15 is 0 Å². The normalized spacial score (nSPS) is 24.9. The highest BCUT2D eigenvalue weighted by Gasteiger charge is 2.33. The summed E-state index contributed by atoms with van der Waals surface area (Å²) in [6.45, 7) is 3.39. The number of halogens is 1. The van der Waals surface area contributed by atoms with Crippen molar-refractivity contribution in [3.05, 3.63) is 29.3 Å².